The van der Waals surface area contributed by atoms with Crippen molar-refractivity contribution >= 4 is 28.1 Å². The number of fused-ring (bicyclic) bond motifs is 1. The van der Waals surface area contributed by atoms with Crippen molar-refractivity contribution in [2.75, 3.05) is 7.11 Å². The summed E-state index contributed by atoms with van der Waals surface area (Å²) >= 11 is 5.90. The van der Waals surface area contributed by atoms with Crippen LogP contribution >= 0.6 is 11.6 Å². The zero-order chi connectivity index (χ0) is 16.3. The van der Waals surface area contributed by atoms with Crippen LogP contribution in [0, 0.1) is 0 Å². The zero-order valence-corrected chi connectivity index (χ0v) is 13.3. The summed E-state index contributed by atoms with van der Waals surface area (Å²) in [5.74, 6) is 1.10. The van der Waals surface area contributed by atoms with Gasteiger partial charge in [0.05, 0.1) is 23.8 Å². The molecule has 0 aliphatic carbocycles. The number of ether oxygens (including phenoxy) is 1. The second-order valence-corrected chi connectivity index (χ2v) is 5.45. The Labute approximate surface area is 133 Å². The summed E-state index contributed by atoms with van der Waals surface area (Å²) in [5.41, 5.74) is 1.97. The quantitative estimate of drug-likeness (QED) is 0.668. The van der Waals surface area contributed by atoms with Crippen LogP contribution in [0.3, 0.4) is 0 Å². The molecule has 1 aromatic heterocycles. The first-order chi connectivity index (χ1) is 10.4. The van der Waals surface area contributed by atoms with Crippen molar-refractivity contribution in [1.29, 1.82) is 0 Å². The fourth-order valence-electron chi connectivity index (χ4n) is 2.06. The van der Waals surface area contributed by atoms with Crippen molar-refractivity contribution in [3.05, 3.63) is 70.0 Å². The molecule has 5 heteroatoms. The molecule has 0 atom stereocenters. The third-order valence-corrected chi connectivity index (χ3v) is 3.39. The number of nitrogens with zero attached hydrogens (tertiary/aromatic N) is 1. The van der Waals surface area contributed by atoms with Crippen LogP contribution in [0.1, 0.15) is 19.2 Å². The molecule has 22 heavy (non-hydrogen) atoms. The first kappa shape index (κ1) is 16.0. The molecular formula is C17H17ClN2O2. The van der Waals surface area contributed by atoms with E-state index < -0.39 is 0 Å². The summed E-state index contributed by atoms with van der Waals surface area (Å²) in [7, 11) is 1.58. The Morgan fingerprint density at radius 2 is 2.18 bits per heavy atom. The molecule has 0 aliphatic heterocycles. The minimum atomic E-state index is -0.240. The van der Waals surface area contributed by atoms with Crippen molar-refractivity contribution < 1.29 is 4.74 Å². The van der Waals surface area contributed by atoms with Gasteiger partial charge in [0.2, 0.25) is 0 Å². The van der Waals surface area contributed by atoms with E-state index in [2.05, 4.69) is 23.1 Å². The van der Waals surface area contributed by atoms with Crippen LogP contribution in [0.5, 0.6) is 0 Å². The standard InChI is InChI=1S/C17H17ClN2O2/c1-10(8-12(3)22-4)7-11(2)16-19-15-6-5-13(18)9-14(15)17(21)20-16/h5-7,9H,2-3,8H2,1,4H3,(H,19,20,21)/b10-7+. The summed E-state index contributed by atoms with van der Waals surface area (Å²) in [6.45, 7) is 9.67. The lowest BCUT2D eigenvalue weighted by atomic mass is 10.1. The van der Waals surface area contributed by atoms with Crippen molar-refractivity contribution in [2.24, 2.45) is 0 Å². The van der Waals surface area contributed by atoms with Gasteiger partial charge in [0, 0.05) is 17.0 Å². The minimum absolute atomic E-state index is 0.240. The van der Waals surface area contributed by atoms with Gasteiger partial charge in [-0.2, -0.15) is 0 Å². The third kappa shape index (κ3) is 3.65. The van der Waals surface area contributed by atoms with Gasteiger partial charge in [-0.3, -0.25) is 4.79 Å². The van der Waals surface area contributed by atoms with Gasteiger partial charge in [0.1, 0.15) is 5.82 Å². The van der Waals surface area contributed by atoms with Crippen molar-refractivity contribution in [2.45, 2.75) is 13.3 Å². The highest BCUT2D eigenvalue weighted by molar-refractivity contribution is 6.31. The molecule has 0 aliphatic rings. The number of allylic oxidation sites excluding steroid dienone is 3. The van der Waals surface area contributed by atoms with E-state index in [1.54, 1.807) is 25.3 Å². The number of nitrogens with one attached hydrogen (secondary N) is 1. The number of benzene rings is 1. The highest BCUT2D eigenvalue weighted by Gasteiger charge is 2.07. The fourth-order valence-corrected chi connectivity index (χ4v) is 2.24. The Balaban J connectivity index is 2.37. The molecule has 0 spiro atoms. The monoisotopic (exact) mass is 316 g/mol. The summed E-state index contributed by atoms with van der Waals surface area (Å²) < 4.78 is 5.05. The molecule has 1 N–H and O–H groups in total. The van der Waals surface area contributed by atoms with E-state index in [9.17, 15) is 4.79 Å². The second-order valence-electron chi connectivity index (χ2n) is 5.01. The van der Waals surface area contributed by atoms with Gasteiger partial charge in [-0.1, -0.05) is 36.4 Å². The van der Waals surface area contributed by atoms with Crippen LogP contribution < -0.4 is 5.56 Å². The minimum Gasteiger partial charge on any atom is -0.501 e. The van der Waals surface area contributed by atoms with Crippen LogP contribution in [-0.2, 0) is 4.74 Å². The molecule has 0 saturated carbocycles. The van der Waals surface area contributed by atoms with Gasteiger partial charge in [-0.15, -0.1) is 0 Å². The van der Waals surface area contributed by atoms with Gasteiger partial charge >= 0.3 is 0 Å². The van der Waals surface area contributed by atoms with E-state index in [-0.39, 0.29) is 5.56 Å². The smallest absolute Gasteiger partial charge is 0.259 e. The molecule has 0 radical (unpaired) electrons. The summed E-state index contributed by atoms with van der Waals surface area (Å²) in [4.78, 5) is 19.3. The van der Waals surface area contributed by atoms with Crippen LogP contribution in [0.25, 0.3) is 16.5 Å². The number of halogens is 1. The highest BCUT2D eigenvalue weighted by Crippen LogP contribution is 2.18. The van der Waals surface area contributed by atoms with Crippen molar-refractivity contribution in [1.82, 2.24) is 9.97 Å². The second kappa shape index (κ2) is 6.62. The van der Waals surface area contributed by atoms with Gasteiger partial charge in [-0.25, -0.2) is 4.98 Å². The number of hydrogen-bond donors (Lipinski definition) is 1. The molecule has 0 unspecified atom stereocenters. The molecule has 2 aromatic rings. The van der Waals surface area contributed by atoms with Crippen LogP contribution in [0.2, 0.25) is 5.02 Å². The third-order valence-electron chi connectivity index (χ3n) is 3.16. The maximum absolute atomic E-state index is 12.1. The Kier molecular flexibility index (Phi) is 4.83. The first-order valence-corrected chi connectivity index (χ1v) is 7.06. The molecule has 114 valence electrons. The maximum atomic E-state index is 12.1. The highest BCUT2D eigenvalue weighted by atomic mass is 35.5. The Morgan fingerprint density at radius 3 is 2.86 bits per heavy atom. The summed E-state index contributed by atoms with van der Waals surface area (Å²) in [5, 5.41) is 0.956. The van der Waals surface area contributed by atoms with Crippen molar-refractivity contribution in [3.8, 4) is 0 Å². The zero-order valence-electron chi connectivity index (χ0n) is 12.6. The lowest BCUT2D eigenvalue weighted by molar-refractivity contribution is 0.285. The Hall–Kier alpha value is -2.33. The van der Waals surface area contributed by atoms with Crippen LogP contribution in [-0.4, -0.2) is 17.1 Å². The topological polar surface area (TPSA) is 55.0 Å². The van der Waals surface area contributed by atoms with Crippen LogP contribution in [0.15, 0.2) is 53.6 Å². The maximum Gasteiger partial charge on any atom is 0.259 e. The van der Waals surface area contributed by atoms with E-state index in [0.29, 0.717) is 39.5 Å². The number of aromatic nitrogens is 2. The van der Waals surface area contributed by atoms with Gasteiger partial charge in [-0.05, 0) is 25.1 Å². The lowest BCUT2D eigenvalue weighted by Gasteiger charge is -2.06. The normalized spacial score (nSPS) is 11.5. The molecular weight excluding hydrogens is 300 g/mol. The van der Waals surface area contributed by atoms with E-state index in [0.717, 1.165) is 5.57 Å². The van der Waals surface area contributed by atoms with Crippen LogP contribution in [0.4, 0.5) is 0 Å². The fraction of sp³-hybridized carbons (Fsp3) is 0.176. The van der Waals surface area contributed by atoms with Gasteiger partial charge < -0.3 is 9.72 Å². The predicted octanol–water partition coefficient (Wildman–Crippen LogP) is 4.09. The molecule has 4 nitrogen and oxygen atoms in total. The first-order valence-electron chi connectivity index (χ1n) is 6.68. The summed E-state index contributed by atoms with van der Waals surface area (Å²) in [6.07, 6.45) is 2.45. The molecule has 0 bridgehead atoms. The largest absolute Gasteiger partial charge is 0.501 e. The van der Waals surface area contributed by atoms with E-state index >= 15 is 0 Å². The number of H-pyrrole nitrogens is 1. The Bertz CT molecular complexity index is 834. The molecule has 0 amide bonds. The average Bonchev–Trinajstić information content (AvgIpc) is 2.47. The van der Waals surface area contributed by atoms with E-state index in [1.807, 2.05) is 13.0 Å². The van der Waals surface area contributed by atoms with Gasteiger partial charge in [0.25, 0.3) is 5.56 Å². The van der Waals surface area contributed by atoms with Gasteiger partial charge in [0.15, 0.2) is 0 Å². The van der Waals surface area contributed by atoms with E-state index in [1.165, 1.54) is 0 Å². The van der Waals surface area contributed by atoms with E-state index in [4.69, 9.17) is 16.3 Å². The molecule has 0 saturated heterocycles. The number of aromatic amines is 1. The molecule has 2 rings (SSSR count). The SMILES string of the molecule is C=C(C/C(C)=C/C(=C)c1nc2ccc(Cl)cc2c(=O)[nH]1)OC. The number of methoxy groups -OCH3 is 1. The average molecular weight is 317 g/mol. The number of rotatable bonds is 5. The molecule has 1 heterocycles. The lowest BCUT2D eigenvalue weighted by Crippen LogP contribution is -2.11. The summed E-state index contributed by atoms with van der Waals surface area (Å²) in [6, 6.07) is 5.01. The molecule has 1 aromatic carbocycles. The predicted molar refractivity (Wildman–Crippen MR) is 90.9 cm³/mol. The molecule has 0 fully saturated rings. The Morgan fingerprint density at radius 1 is 1.45 bits per heavy atom. The van der Waals surface area contributed by atoms with Crippen molar-refractivity contribution in [3.63, 3.8) is 0 Å². The number of hydrogen-bond acceptors (Lipinski definition) is 3.